The first-order valence-corrected chi connectivity index (χ1v) is 6.22. The fraction of sp³-hybridized carbons (Fsp3) is 0.917. The summed E-state index contributed by atoms with van der Waals surface area (Å²) in [6.45, 7) is 5.45. The van der Waals surface area contributed by atoms with E-state index in [1.807, 2.05) is 0 Å². The van der Waals surface area contributed by atoms with Crippen LogP contribution >= 0.6 is 0 Å². The van der Waals surface area contributed by atoms with Gasteiger partial charge in [0.1, 0.15) is 11.8 Å². The topological polar surface area (TPSA) is 64.3 Å². The van der Waals surface area contributed by atoms with E-state index in [-0.39, 0.29) is 6.42 Å². The molecule has 1 rings (SSSR count). The van der Waals surface area contributed by atoms with Crippen molar-refractivity contribution in [2.75, 3.05) is 6.54 Å². The Bertz CT molecular complexity index is 294. The van der Waals surface area contributed by atoms with Gasteiger partial charge in [-0.25, -0.2) is 13.6 Å². The fourth-order valence-corrected chi connectivity index (χ4v) is 2.16. The van der Waals surface area contributed by atoms with Crippen LogP contribution < -0.4 is 11.1 Å². The molecular formula is C12H22F2N2O2. The number of hydrogen-bond acceptors (Lipinski definition) is 3. The maximum Gasteiger partial charge on any atom is 0.407 e. The Balaban J connectivity index is 2.50. The summed E-state index contributed by atoms with van der Waals surface area (Å²) in [6.07, 6.45) is -3.27. The molecule has 0 saturated heterocycles. The first kappa shape index (κ1) is 15.1. The van der Waals surface area contributed by atoms with Gasteiger partial charge >= 0.3 is 6.09 Å². The van der Waals surface area contributed by atoms with Gasteiger partial charge in [-0.2, -0.15) is 0 Å². The van der Waals surface area contributed by atoms with Gasteiger partial charge < -0.3 is 15.8 Å². The maximum atomic E-state index is 13.7. The van der Waals surface area contributed by atoms with Crippen molar-refractivity contribution < 1.29 is 18.3 Å². The maximum absolute atomic E-state index is 13.7. The minimum Gasteiger partial charge on any atom is -0.444 e. The van der Waals surface area contributed by atoms with Crippen LogP contribution in [0, 0.1) is 5.92 Å². The van der Waals surface area contributed by atoms with Gasteiger partial charge in [-0.05, 0) is 46.1 Å². The minimum atomic E-state index is -1.69. The third-order valence-corrected chi connectivity index (χ3v) is 2.94. The van der Waals surface area contributed by atoms with Gasteiger partial charge in [0.05, 0.1) is 6.04 Å². The molecule has 4 nitrogen and oxygen atoms in total. The second-order valence-electron chi connectivity index (χ2n) is 5.71. The van der Waals surface area contributed by atoms with Crippen molar-refractivity contribution in [1.82, 2.24) is 5.32 Å². The number of alkyl carbamates (subject to hydrolysis) is 1. The average molecular weight is 264 g/mol. The van der Waals surface area contributed by atoms with Crippen molar-refractivity contribution in [2.45, 2.75) is 57.6 Å². The Hall–Kier alpha value is -0.910. The predicted octanol–water partition coefficient (Wildman–Crippen LogP) is 1.92. The lowest BCUT2D eigenvalue weighted by atomic mass is 10.0. The molecule has 18 heavy (non-hydrogen) atoms. The van der Waals surface area contributed by atoms with E-state index in [0.29, 0.717) is 13.0 Å². The van der Waals surface area contributed by atoms with Crippen molar-refractivity contribution in [3.05, 3.63) is 0 Å². The van der Waals surface area contributed by atoms with Crippen LogP contribution in [0.3, 0.4) is 0 Å². The van der Waals surface area contributed by atoms with E-state index in [1.165, 1.54) is 0 Å². The summed E-state index contributed by atoms with van der Waals surface area (Å²) in [6, 6.07) is -0.827. The number of nitrogens with two attached hydrogens (primary N) is 1. The molecule has 0 heterocycles. The van der Waals surface area contributed by atoms with Crippen molar-refractivity contribution in [2.24, 2.45) is 11.7 Å². The molecule has 0 radical (unpaired) electrons. The Labute approximate surface area is 106 Å². The Morgan fingerprint density at radius 3 is 2.50 bits per heavy atom. The highest BCUT2D eigenvalue weighted by atomic mass is 19.2. The van der Waals surface area contributed by atoms with Crippen molar-refractivity contribution in [3.63, 3.8) is 0 Å². The number of nitrogens with one attached hydrogen (secondary N) is 1. The lowest BCUT2D eigenvalue weighted by Gasteiger charge is -2.22. The third-order valence-electron chi connectivity index (χ3n) is 2.94. The zero-order chi connectivity index (χ0) is 13.9. The number of ether oxygens (including phenoxy) is 1. The number of halogens is 2. The molecule has 0 aromatic heterocycles. The molecule has 6 heteroatoms. The van der Waals surface area contributed by atoms with Gasteiger partial charge in [-0.15, -0.1) is 0 Å². The Kier molecular flexibility index (Phi) is 4.90. The molecule has 1 aliphatic rings. The van der Waals surface area contributed by atoms with Crippen molar-refractivity contribution >= 4 is 6.09 Å². The molecule has 1 saturated carbocycles. The van der Waals surface area contributed by atoms with Crippen LogP contribution in [0.5, 0.6) is 0 Å². The number of carbonyl (C=O) groups is 1. The third kappa shape index (κ3) is 4.08. The van der Waals surface area contributed by atoms with E-state index in [2.05, 4.69) is 5.32 Å². The molecule has 3 N–H and O–H groups in total. The van der Waals surface area contributed by atoms with E-state index < -0.39 is 36.0 Å². The summed E-state index contributed by atoms with van der Waals surface area (Å²) in [5.74, 6) is -0.426. The standard InChI is InChI=1S/C12H22F2N2O2/c1-12(2,3)18-11(17)16-8-6-7(4-5-15)9(13)10(8)14/h7-10H,4-6,15H2,1-3H3,(H,16,17)/t7-,8+,9?,10?/m0/s1. The first-order chi connectivity index (χ1) is 8.24. The van der Waals surface area contributed by atoms with Gasteiger partial charge in [-0.1, -0.05) is 0 Å². The molecule has 0 aromatic rings. The van der Waals surface area contributed by atoms with E-state index >= 15 is 0 Å². The highest BCUT2D eigenvalue weighted by Crippen LogP contribution is 2.33. The summed E-state index contributed by atoms with van der Waals surface area (Å²) < 4.78 is 32.3. The highest BCUT2D eigenvalue weighted by Gasteiger charge is 2.44. The zero-order valence-corrected chi connectivity index (χ0v) is 11.1. The van der Waals surface area contributed by atoms with Crippen molar-refractivity contribution in [1.29, 1.82) is 0 Å². The van der Waals surface area contributed by atoms with Gasteiger partial charge in [0, 0.05) is 0 Å². The van der Waals surface area contributed by atoms with Gasteiger partial charge in [0.25, 0.3) is 0 Å². The summed E-state index contributed by atoms with van der Waals surface area (Å²) in [7, 11) is 0. The van der Waals surface area contributed by atoms with Crippen LogP contribution in [0.2, 0.25) is 0 Å². The summed E-state index contributed by atoms with van der Waals surface area (Å²) >= 11 is 0. The molecule has 2 unspecified atom stereocenters. The summed E-state index contributed by atoms with van der Waals surface area (Å²) in [5.41, 5.74) is 4.69. The number of amides is 1. The van der Waals surface area contributed by atoms with E-state index in [0.717, 1.165) is 0 Å². The average Bonchev–Trinajstić information content (AvgIpc) is 2.45. The van der Waals surface area contributed by atoms with Crippen LogP contribution in [-0.4, -0.2) is 36.6 Å². The summed E-state index contributed by atoms with van der Waals surface area (Å²) in [4.78, 5) is 11.5. The second kappa shape index (κ2) is 5.82. The van der Waals surface area contributed by atoms with E-state index in [1.54, 1.807) is 20.8 Å². The quantitative estimate of drug-likeness (QED) is 0.818. The lowest BCUT2D eigenvalue weighted by molar-refractivity contribution is 0.0472. The molecule has 0 spiro atoms. The predicted molar refractivity (Wildman–Crippen MR) is 64.7 cm³/mol. The van der Waals surface area contributed by atoms with Gasteiger partial charge in [0.15, 0.2) is 6.17 Å². The number of hydrogen-bond donors (Lipinski definition) is 2. The molecule has 1 amide bonds. The van der Waals surface area contributed by atoms with Crippen LogP contribution in [0.15, 0.2) is 0 Å². The monoisotopic (exact) mass is 264 g/mol. The van der Waals surface area contributed by atoms with Gasteiger partial charge in [-0.3, -0.25) is 0 Å². The molecule has 106 valence electrons. The molecule has 1 aliphatic carbocycles. The normalized spacial score (nSPS) is 32.3. The van der Waals surface area contributed by atoms with Gasteiger partial charge in [0.2, 0.25) is 0 Å². The number of alkyl halides is 2. The molecule has 0 aromatic carbocycles. The zero-order valence-electron chi connectivity index (χ0n) is 11.1. The lowest BCUT2D eigenvalue weighted by Crippen LogP contribution is -2.42. The number of carbonyl (C=O) groups excluding carboxylic acids is 1. The van der Waals surface area contributed by atoms with E-state index in [4.69, 9.17) is 10.5 Å². The second-order valence-corrected chi connectivity index (χ2v) is 5.71. The molecule has 0 bridgehead atoms. The van der Waals surface area contributed by atoms with Crippen molar-refractivity contribution in [3.8, 4) is 0 Å². The summed E-state index contributed by atoms with van der Waals surface area (Å²) in [5, 5.41) is 2.39. The molecule has 0 aliphatic heterocycles. The smallest absolute Gasteiger partial charge is 0.407 e. The SMILES string of the molecule is CC(C)(C)OC(=O)N[C@@H]1C[C@H](CCN)C(F)C1F. The largest absolute Gasteiger partial charge is 0.444 e. The Morgan fingerprint density at radius 2 is 2.00 bits per heavy atom. The fourth-order valence-electron chi connectivity index (χ4n) is 2.16. The number of rotatable bonds is 3. The molecule has 4 atom stereocenters. The minimum absolute atomic E-state index is 0.263. The van der Waals surface area contributed by atoms with E-state index in [9.17, 15) is 13.6 Å². The van der Waals surface area contributed by atoms with Crippen LogP contribution in [0.1, 0.15) is 33.6 Å². The molecule has 1 fully saturated rings. The van der Waals surface area contributed by atoms with Crippen LogP contribution in [0.25, 0.3) is 0 Å². The van der Waals surface area contributed by atoms with Crippen LogP contribution in [-0.2, 0) is 4.74 Å². The highest BCUT2D eigenvalue weighted by molar-refractivity contribution is 5.68. The Morgan fingerprint density at radius 1 is 1.39 bits per heavy atom. The first-order valence-electron chi connectivity index (χ1n) is 6.22. The molecular weight excluding hydrogens is 242 g/mol. The van der Waals surface area contributed by atoms with Crippen LogP contribution in [0.4, 0.5) is 13.6 Å².